The topological polar surface area (TPSA) is 117 Å². The zero-order valence-electron chi connectivity index (χ0n) is 13.4. The Kier molecular flexibility index (Phi) is 3.78. The molecule has 0 bridgehead atoms. The van der Waals surface area contributed by atoms with Crippen molar-refractivity contribution < 1.29 is 4.74 Å². The number of methoxy groups -OCH3 is 1. The molecule has 0 radical (unpaired) electrons. The third-order valence-electron chi connectivity index (χ3n) is 3.78. The summed E-state index contributed by atoms with van der Waals surface area (Å²) in [7, 11) is 4.50. The van der Waals surface area contributed by atoms with Gasteiger partial charge in [-0.05, 0) is 24.3 Å². The lowest BCUT2D eigenvalue weighted by atomic mass is 10.2. The van der Waals surface area contributed by atoms with E-state index in [-0.39, 0.29) is 16.9 Å². The molecule has 3 N–H and O–H groups in total. The lowest BCUT2D eigenvalue weighted by Gasteiger charge is -2.11. The van der Waals surface area contributed by atoms with E-state index in [9.17, 15) is 9.59 Å². The van der Waals surface area contributed by atoms with Gasteiger partial charge in [-0.1, -0.05) is 0 Å². The van der Waals surface area contributed by atoms with E-state index in [0.717, 1.165) is 4.57 Å². The van der Waals surface area contributed by atoms with Crippen LogP contribution in [-0.4, -0.2) is 26.2 Å². The molecular weight excluding hydrogens is 312 g/mol. The summed E-state index contributed by atoms with van der Waals surface area (Å²) in [6.07, 6.45) is 0. The van der Waals surface area contributed by atoms with Crippen molar-refractivity contribution in [3.63, 3.8) is 0 Å². The second kappa shape index (κ2) is 5.78. The van der Waals surface area contributed by atoms with Gasteiger partial charge in [-0.3, -0.25) is 13.9 Å². The number of rotatable bonds is 3. The summed E-state index contributed by atoms with van der Waals surface area (Å²) in [6.45, 7) is 0. The molecular formula is C15H16N6O3. The van der Waals surface area contributed by atoms with Crippen LogP contribution in [0, 0.1) is 0 Å². The van der Waals surface area contributed by atoms with Gasteiger partial charge >= 0.3 is 5.69 Å². The van der Waals surface area contributed by atoms with Gasteiger partial charge in [0.05, 0.1) is 7.11 Å². The number of benzene rings is 1. The number of hydrogen-bond acceptors (Lipinski definition) is 7. The fourth-order valence-electron chi connectivity index (χ4n) is 2.43. The molecule has 3 aromatic rings. The maximum atomic E-state index is 12.4. The van der Waals surface area contributed by atoms with E-state index in [1.54, 1.807) is 31.4 Å². The van der Waals surface area contributed by atoms with Crippen LogP contribution in [0.1, 0.15) is 0 Å². The monoisotopic (exact) mass is 328 g/mol. The van der Waals surface area contributed by atoms with E-state index >= 15 is 0 Å². The van der Waals surface area contributed by atoms with Crippen molar-refractivity contribution >= 4 is 16.9 Å². The first-order valence-electron chi connectivity index (χ1n) is 7.06. The highest BCUT2D eigenvalue weighted by Gasteiger charge is 2.17. The van der Waals surface area contributed by atoms with E-state index < -0.39 is 11.2 Å². The maximum Gasteiger partial charge on any atom is 0.332 e. The van der Waals surface area contributed by atoms with Crippen LogP contribution in [0.4, 0.5) is 5.82 Å². The Morgan fingerprint density at radius 1 is 1.08 bits per heavy atom. The number of ether oxygens (including phenoxy) is 1. The average Bonchev–Trinajstić information content (AvgIpc) is 2.63. The van der Waals surface area contributed by atoms with Crippen molar-refractivity contribution in [1.82, 2.24) is 19.1 Å². The molecule has 9 heteroatoms. The molecule has 0 aliphatic rings. The number of anilines is 1. The van der Waals surface area contributed by atoms with Crippen molar-refractivity contribution in [2.45, 2.75) is 0 Å². The Labute approximate surface area is 136 Å². The molecule has 9 nitrogen and oxygen atoms in total. The van der Waals surface area contributed by atoms with Crippen molar-refractivity contribution in [3.05, 3.63) is 45.1 Å². The average molecular weight is 328 g/mol. The fourth-order valence-corrected chi connectivity index (χ4v) is 2.43. The van der Waals surface area contributed by atoms with Gasteiger partial charge in [-0.15, -0.1) is 0 Å². The predicted molar refractivity (Wildman–Crippen MR) is 89.8 cm³/mol. The van der Waals surface area contributed by atoms with E-state index in [1.807, 2.05) is 0 Å². The number of nitrogens with two attached hydrogens (primary N) is 1. The number of nitrogens with zero attached hydrogens (tertiary/aromatic N) is 4. The van der Waals surface area contributed by atoms with Crippen LogP contribution in [0.15, 0.2) is 33.9 Å². The highest BCUT2D eigenvalue weighted by molar-refractivity contribution is 5.87. The largest absolute Gasteiger partial charge is 0.497 e. The maximum absolute atomic E-state index is 12.4. The van der Waals surface area contributed by atoms with E-state index in [4.69, 9.17) is 10.6 Å². The number of nitrogens with one attached hydrogen (secondary N) is 1. The Balaban J connectivity index is 2.36. The predicted octanol–water partition coefficient (Wildman–Crippen LogP) is -0.0116. The second-order valence-electron chi connectivity index (χ2n) is 5.17. The molecule has 124 valence electrons. The van der Waals surface area contributed by atoms with Crippen LogP contribution in [0.2, 0.25) is 0 Å². The summed E-state index contributed by atoms with van der Waals surface area (Å²) >= 11 is 0. The van der Waals surface area contributed by atoms with Crippen molar-refractivity contribution in [3.8, 4) is 17.1 Å². The van der Waals surface area contributed by atoms with Crippen LogP contribution in [-0.2, 0) is 14.1 Å². The third kappa shape index (κ3) is 2.31. The molecule has 24 heavy (non-hydrogen) atoms. The van der Waals surface area contributed by atoms with Crippen molar-refractivity contribution in [2.24, 2.45) is 19.9 Å². The minimum atomic E-state index is -0.512. The first kappa shape index (κ1) is 15.7. The molecule has 0 fully saturated rings. The summed E-state index contributed by atoms with van der Waals surface area (Å²) < 4.78 is 7.39. The summed E-state index contributed by atoms with van der Waals surface area (Å²) in [5, 5.41) is 0.152. The molecule has 3 rings (SSSR count). The highest BCUT2D eigenvalue weighted by atomic mass is 16.5. The smallest absolute Gasteiger partial charge is 0.332 e. The number of aryl methyl sites for hydroxylation is 1. The molecule has 0 saturated heterocycles. The van der Waals surface area contributed by atoms with Gasteiger partial charge < -0.3 is 10.2 Å². The van der Waals surface area contributed by atoms with E-state index in [1.165, 1.54) is 18.7 Å². The normalized spacial score (nSPS) is 10.8. The Bertz CT molecular complexity index is 1040. The van der Waals surface area contributed by atoms with Crippen LogP contribution < -0.4 is 27.3 Å². The lowest BCUT2D eigenvalue weighted by molar-refractivity contribution is 0.415. The third-order valence-corrected chi connectivity index (χ3v) is 3.78. The summed E-state index contributed by atoms with van der Waals surface area (Å²) in [4.78, 5) is 33.2. The fraction of sp³-hybridized carbons (Fsp3) is 0.200. The first-order valence-corrected chi connectivity index (χ1v) is 7.06. The Hall–Kier alpha value is -3.20. The number of hydrazine groups is 1. The molecule has 0 unspecified atom stereocenters. The standard InChI is InChI=1S/C15H16N6O3/c1-20-13-10(14(22)21(2)15(20)23)12(19-16)17-11(18-13)8-4-6-9(24-3)7-5-8/h4-7H,16H2,1-3H3,(H,17,18,19). The minimum Gasteiger partial charge on any atom is -0.497 e. The molecule has 0 atom stereocenters. The van der Waals surface area contributed by atoms with E-state index in [0.29, 0.717) is 17.1 Å². The molecule has 2 aromatic heterocycles. The van der Waals surface area contributed by atoms with Gasteiger partial charge in [0.15, 0.2) is 17.3 Å². The quantitative estimate of drug-likeness (QED) is 0.513. The van der Waals surface area contributed by atoms with Gasteiger partial charge in [0.1, 0.15) is 11.1 Å². The molecule has 0 amide bonds. The zero-order valence-corrected chi connectivity index (χ0v) is 13.4. The first-order chi connectivity index (χ1) is 11.5. The number of fused-ring (bicyclic) bond motifs is 1. The van der Waals surface area contributed by atoms with Crippen LogP contribution in [0.5, 0.6) is 5.75 Å². The van der Waals surface area contributed by atoms with Gasteiger partial charge in [0.2, 0.25) is 0 Å². The highest BCUT2D eigenvalue weighted by Crippen LogP contribution is 2.23. The lowest BCUT2D eigenvalue weighted by Crippen LogP contribution is -2.38. The van der Waals surface area contributed by atoms with Crippen LogP contribution >= 0.6 is 0 Å². The molecule has 0 aliphatic carbocycles. The Morgan fingerprint density at radius 2 is 1.75 bits per heavy atom. The van der Waals surface area contributed by atoms with Gasteiger partial charge in [-0.2, -0.15) is 0 Å². The van der Waals surface area contributed by atoms with Gasteiger partial charge in [-0.25, -0.2) is 20.6 Å². The molecule has 0 aliphatic heterocycles. The molecule has 2 heterocycles. The number of nitrogen functional groups attached to an aromatic ring is 1. The summed E-state index contributed by atoms with van der Waals surface area (Å²) in [5.74, 6) is 6.70. The van der Waals surface area contributed by atoms with Gasteiger partial charge in [0.25, 0.3) is 5.56 Å². The summed E-state index contributed by atoms with van der Waals surface area (Å²) in [5.41, 5.74) is 2.33. The minimum absolute atomic E-state index is 0.152. The molecule has 0 saturated carbocycles. The van der Waals surface area contributed by atoms with Gasteiger partial charge in [0, 0.05) is 19.7 Å². The van der Waals surface area contributed by atoms with Crippen LogP contribution in [0.3, 0.4) is 0 Å². The Morgan fingerprint density at radius 3 is 2.33 bits per heavy atom. The van der Waals surface area contributed by atoms with Crippen LogP contribution in [0.25, 0.3) is 22.4 Å². The zero-order chi connectivity index (χ0) is 17.4. The second-order valence-corrected chi connectivity index (χ2v) is 5.17. The summed E-state index contributed by atoms with van der Waals surface area (Å²) in [6, 6.07) is 7.09. The van der Waals surface area contributed by atoms with Crippen molar-refractivity contribution in [1.29, 1.82) is 0 Å². The van der Waals surface area contributed by atoms with E-state index in [2.05, 4.69) is 15.4 Å². The molecule has 0 spiro atoms. The number of aromatic nitrogens is 4. The molecule has 1 aromatic carbocycles. The van der Waals surface area contributed by atoms with Crippen molar-refractivity contribution in [2.75, 3.05) is 12.5 Å². The SMILES string of the molecule is COc1ccc(-c2nc(NN)c3c(=O)n(C)c(=O)n(C)c3n2)cc1. The number of hydrogen-bond donors (Lipinski definition) is 2.